The summed E-state index contributed by atoms with van der Waals surface area (Å²) in [6.45, 7) is 0. The average Bonchev–Trinajstić information content (AvgIpc) is 2.16. The molecule has 0 atom stereocenters. The quantitative estimate of drug-likeness (QED) is 0.281. The van der Waals surface area contributed by atoms with Gasteiger partial charge in [-0.2, -0.15) is 0 Å². The van der Waals surface area contributed by atoms with E-state index in [1.165, 1.54) is 6.08 Å². The fraction of sp³-hybridized carbons (Fsp3) is 0. The van der Waals surface area contributed by atoms with Crippen LogP contribution in [0.1, 0.15) is 5.56 Å². The minimum absolute atomic E-state index is 0.334. The van der Waals surface area contributed by atoms with Crippen molar-refractivity contribution in [3.63, 3.8) is 0 Å². The molecule has 0 unspecified atom stereocenters. The van der Waals surface area contributed by atoms with Gasteiger partial charge >= 0.3 is 0 Å². The zero-order valence-corrected chi connectivity index (χ0v) is 6.40. The van der Waals surface area contributed by atoms with Crippen LogP contribution in [0.5, 0.6) is 0 Å². The van der Waals surface area contributed by atoms with Crippen molar-refractivity contribution in [1.82, 2.24) is 10.4 Å². The Labute approximate surface area is 70.1 Å². The zero-order chi connectivity index (χ0) is 8.81. The lowest BCUT2D eigenvalue weighted by molar-refractivity contribution is -0.116. The summed E-state index contributed by atoms with van der Waals surface area (Å²) in [4.78, 5) is 14.5. The van der Waals surface area contributed by atoms with Crippen LogP contribution in [0.25, 0.3) is 6.08 Å². The van der Waals surface area contributed by atoms with Gasteiger partial charge in [0.1, 0.15) is 0 Å². The van der Waals surface area contributed by atoms with E-state index >= 15 is 0 Å². The highest BCUT2D eigenvalue weighted by molar-refractivity contribution is 5.91. The molecule has 0 saturated carbocycles. The van der Waals surface area contributed by atoms with Gasteiger partial charge in [0.2, 0.25) is 0 Å². The Kier molecular flexibility index (Phi) is 2.98. The largest absolute Gasteiger partial charge is 0.291 e. The molecule has 0 aliphatic heterocycles. The lowest BCUT2D eigenvalue weighted by atomic mass is 10.2. The van der Waals surface area contributed by atoms with Crippen molar-refractivity contribution >= 4 is 12.0 Å². The number of nitrogens with two attached hydrogens (primary N) is 1. The van der Waals surface area contributed by atoms with Crippen LogP contribution in [0.3, 0.4) is 0 Å². The molecule has 0 bridgehead atoms. The summed E-state index contributed by atoms with van der Waals surface area (Å²) >= 11 is 0. The molecule has 0 radical (unpaired) electrons. The fourth-order valence-corrected chi connectivity index (χ4v) is 0.695. The molecule has 0 saturated heterocycles. The average molecular weight is 163 g/mol. The number of nitrogens with zero attached hydrogens (tertiary/aromatic N) is 1. The second-order valence-corrected chi connectivity index (χ2v) is 2.13. The minimum atomic E-state index is -0.334. The lowest BCUT2D eigenvalue weighted by Crippen LogP contribution is -2.27. The number of carbonyl (C=O) groups excluding carboxylic acids is 1. The Balaban J connectivity index is 2.64. The predicted octanol–water partition coefficient (Wildman–Crippen LogP) is 0.0847. The summed E-state index contributed by atoms with van der Waals surface area (Å²) in [5, 5.41) is 0. The predicted molar refractivity (Wildman–Crippen MR) is 45.6 cm³/mol. The van der Waals surface area contributed by atoms with Crippen LogP contribution in [-0.2, 0) is 4.79 Å². The number of amides is 1. The topological polar surface area (TPSA) is 68.0 Å². The van der Waals surface area contributed by atoms with Crippen LogP contribution in [0.4, 0.5) is 0 Å². The molecule has 4 heteroatoms. The van der Waals surface area contributed by atoms with Gasteiger partial charge in [-0.1, -0.05) is 6.07 Å². The molecular formula is C8H9N3O. The van der Waals surface area contributed by atoms with Crippen molar-refractivity contribution in [3.8, 4) is 0 Å². The van der Waals surface area contributed by atoms with E-state index in [1.54, 1.807) is 24.5 Å². The number of carbonyl (C=O) groups is 1. The van der Waals surface area contributed by atoms with Gasteiger partial charge in [0, 0.05) is 18.5 Å². The summed E-state index contributed by atoms with van der Waals surface area (Å²) in [6.07, 6.45) is 6.30. The van der Waals surface area contributed by atoms with Crippen LogP contribution in [0, 0.1) is 0 Å². The van der Waals surface area contributed by atoms with E-state index in [9.17, 15) is 4.79 Å². The molecule has 1 rings (SSSR count). The molecule has 12 heavy (non-hydrogen) atoms. The summed E-state index contributed by atoms with van der Waals surface area (Å²) in [7, 11) is 0. The summed E-state index contributed by atoms with van der Waals surface area (Å²) in [5.41, 5.74) is 2.85. The van der Waals surface area contributed by atoms with Crippen molar-refractivity contribution in [2.45, 2.75) is 0 Å². The van der Waals surface area contributed by atoms with Crippen molar-refractivity contribution in [3.05, 3.63) is 36.2 Å². The van der Waals surface area contributed by atoms with Crippen LogP contribution in [-0.4, -0.2) is 10.9 Å². The molecule has 0 aliphatic carbocycles. The third-order valence-electron chi connectivity index (χ3n) is 1.25. The summed E-state index contributed by atoms with van der Waals surface area (Å²) in [5.74, 6) is 4.54. The van der Waals surface area contributed by atoms with Crippen LogP contribution >= 0.6 is 0 Å². The second-order valence-electron chi connectivity index (χ2n) is 2.13. The first-order valence-electron chi connectivity index (χ1n) is 3.41. The maximum Gasteiger partial charge on any atom is 0.257 e. The van der Waals surface area contributed by atoms with Gasteiger partial charge in [-0.3, -0.25) is 15.2 Å². The highest BCUT2D eigenvalue weighted by Gasteiger charge is 1.88. The van der Waals surface area contributed by atoms with E-state index in [0.29, 0.717) is 0 Å². The molecule has 4 nitrogen and oxygen atoms in total. The second kappa shape index (κ2) is 4.25. The Bertz CT molecular complexity index is 282. The monoisotopic (exact) mass is 163 g/mol. The maximum atomic E-state index is 10.6. The molecular weight excluding hydrogens is 154 g/mol. The third-order valence-corrected chi connectivity index (χ3v) is 1.25. The fourth-order valence-electron chi connectivity index (χ4n) is 0.695. The molecule has 0 spiro atoms. The van der Waals surface area contributed by atoms with Gasteiger partial charge in [0.15, 0.2) is 0 Å². The molecule has 1 amide bonds. The first-order valence-corrected chi connectivity index (χ1v) is 3.41. The van der Waals surface area contributed by atoms with E-state index in [4.69, 9.17) is 5.84 Å². The first kappa shape index (κ1) is 8.42. The van der Waals surface area contributed by atoms with Gasteiger partial charge in [0.05, 0.1) is 0 Å². The minimum Gasteiger partial charge on any atom is -0.291 e. The van der Waals surface area contributed by atoms with Gasteiger partial charge in [0.25, 0.3) is 5.91 Å². The summed E-state index contributed by atoms with van der Waals surface area (Å²) < 4.78 is 0. The molecule has 1 aromatic rings. The SMILES string of the molecule is NNC(=O)/C=C/c1cccnc1. The van der Waals surface area contributed by atoms with Crippen LogP contribution in [0.2, 0.25) is 0 Å². The van der Waals surface area contributed by atoms with Crippen LogP contribution < -0.4 is 11.3 Å². The van der Waals surface area contributed by atoms with Gasteiger partial charge < -0.3 is 0 Å². The third kappa shape index (κ3) is 2.51. The summed E-state index contributed by atoms with van der Waals surface area (Å²) in [6, 6.07) is 3.63. The van der Waals surface area contributed by atoms with Crippen LogP contribution in [0.15, 0.2) is 30.6 Å². The van der Waals surface area contributed by atoms with Crippen molar-refractivity contribution < 1.29 is 4.79 Å². The van der Waals surface area contributed by atoms with Gasteiger partial charge in [-0.05, 0) is 17.7 Å². The number of aromatic nitrogens is 1. The number of hydrazine groups is 1. The highest BCUT2D eigenvalue weighted by atomic mass is 16.2. The molecule has 0 aliphatic rings. The van der Waals surface area contributed by atoms with Gasteiger partial charge in [-0.15, -0.1) is 0 Å². The normalized spacial score (nSPS) is 10.1. The molecule has 3 N–H and O–H groups in total. The van der Waals surface area contributed by atoms with E-state index in [-0.39, 0.29) is 5.91 Å². The Morgan fingerprint density at radius 1 is 1.67 bits per heavy atom. The van der Waals surface area contributed by atoms with Crippen molar-refractivity contribution in [2.75, 3.05) is 0 Å². The zero-order valence-electron chi connectivity index (χ0n) is 6.40. The smallest absolute Gasteiger partial charge is 0.257 e. The maximum absolute atomic E-state index is 10.6. The number of hydrogen-bond acceptors (Lipinski definition) is 3. The Morgan fingerprint density at radius 3 is 3.08 bits per heavy atom. The molecule has 0 fully saturated rings. The van der Waals surface area contributed by atoms with Gasteiger partial charge in [-0.25, -0.2) is 5.84 Å². The van der Waals surface area contributed by atoms with E-state index in [2.05, 4.69) is 4.98 Å². The van der Waals surface area contributed by atoms with E-state index in [0.717, 1.165) is 5.56 Å². The standard InChI is InChI=1S/C8H9N3O/c9-11-8(12)4-3-7-2-1-5-10-6-7/h1-6H,9H2,(H,11,12)/b4-3+. The molecule has 0 aromatic carbocycles. The lowest BCUT2D eigenvalue weighted by Gasteiger charge is -1.90. The Morgan fingerprint density at radius 2 is 2.50 bits per heavy atom. The number of pyridine rings is 1. The number of hydrogen-bond donors (Lipinski definition) is 2. The van der Waals surface area contributed by atoms with Crippen molar-refractivity contribution in [2.24, 2.45) is 5.84 Å². The van der Waals surface area contributed by atoms with E-state index < -0.39 is 0 Å². The number of nitrogens with one attached hydrogen (secondary N) is 1. The number of rotatable bonds is 2. The molecule has 1 aromatic heterocycles. The Hall–Kier alpha value is -1.68. The molecule has 62 valence electrons. The van der Waals surface area contributed by atoms with Crippen molar-refractivity contribution in [1.29, 1.82) is 0 Å². The van der Waals surface area contributed by atoms with E-state index in [1.807, 2.05) is 11.5 Å². The highest BCUT2D eigenvalue weighted by Crippen LogP contribution is 1.97. The first-order chi connectivity index (χ1) is 5.83. The molecule has 1 heterocycles.